The first-order valence-corrected chi connectivity index (χ1v) is 4.98. The summed E-state index contributed by atoms with van der Waals surface area (Å²) in [5.41, 5.74) is 5.40. The fourth-order valence-corrected chi connectivity index (χ4v) is 1.22. The number of nitrogens with two attached hydrogens (primary N) is 1. The Balaban J connectivity index is 2.53. The lowest BCUT2D eigenvalue weighted by atomic mass is 10.3. The number of likely N-dealkylation sites (N-methyl/N-ethyl adjacent to an activating group) is 1. The highest BCUT2D eigenvalue weighted by Gasteiger charge is 2.06. The predicted octanol–water partition coefficient (Wildman–Crippen LogP) is 1.10. The topological polar surface area (TPSA) is 59.5 Å². The van der Waals surface area contributed by atoms with Crippen molar-refractivity contribution in [3.05, 3.63) is 30.2 Å². The number of nitrogens with zero attached hydrogens (tertiary/aromatic N) is 1. The molecule has 4 nitrogen and oxygen atoms in total. The van der Waals surface area contributed by atoms with Crippen LogP contribution in [0.4, 0.5) is 0 Å². The zero-order chi connectivity index (χ0) is 11.1. The first-order valence-electron chi connectivity index (χ1n) is 4.98. The van der Waals surface area contributed by atoms with Gasteiger partial charge in [0.15, 0.2) is 0 Å². The van der Waals surface area contributed by atoms with Gasteiger partial charge in [-0.1, -0.05) is 0 Å². The standard InChI is InChI=1S/C11H16N2O2/c1-2-13(8-7-12)11(14)6-5-10-4-3-9-15-10/h3-6,9H,2,7-8,12H2,1H3/b6-5+. The summed E-state index contributed by atoms with van der Waals surface area (Å²) in [6.45, 7) is 3.65. The molecule has 1 rings (SSSR count). The maximum Gasteiger partial charge on any atom is 0.246 e. The molecule has 2 N–H and O–H groups in total. The highest BCUT2D eigenvalue weighted by Crippen LogP contribution is 2.03. The number of hydrogen-bond acceptors (Lipinski definition) is 3. The van der Waals surface area contributed by atoms with Crippen LogP contribution in [-0.4, -0.2) is 30.4 Å². The smallest absolute Gasteiger partial charge is 0.246 e. The molecule has 0 aliphatic rings. The molecule has 0 aliphatic carbocycles. The molecule has 0 radical (unpaired) electrons. The summed E-state index contributed by atoms with van der Waals surface area (Å²) >= 11 is 0. The second-order valence-electron chi connectivity index (χ2n) is 3.06. The van der Waals surface area contributed by atoms with E-state index in [1.807, 2.05) is 6.92 Å². The summed E-state index contributed by atoms with van der Waals surface area (Å²) in [4.78, 5) is 13.3. The second-order valence-corrected chi connectivity index (χ2v) is 3.06. The Hall–Kier alpha value is -1.55. The molecule has 0 atom stereocenters. The van der Waals surface area contributed by atoms with Gasteiger partial charge >= 0.3 is 0 Å². The van der Waals surface area contributed by atoms with Crippen molar-refractivity contribution in [2.45, 2.75) is 6.92 Å². The molecule has 1 amide bonds. The van der Waals surface area contributed by atoms with Gasteiger partial charge in [-0.15, -0.1) is 0 Å². The van der Waals surface area contributed by atoms with Crippen LogP contribution in [-0.2, 0) is 4.79 Å². The highest BCUT2D eigenvalue weighted by atomic mass is 16.3. The van der Waals surface area contributed by atoms with Gasteiger partial charge in [0.2, 0.25) is 5.91 Å². The quantitative estimate of drug-likeness (QED) is 0.737. The molecule has 1 heterocycles. The summed E-state index contributed by atoms with van der Waals surface area (Å²) in [5, 5.41) is 0. The van der Waals surface area contributed by atoms with Crippen molar-refractivity contribution in [1.29, 1.82) is 0 Å². The zero-order valence-corrected chi connectivity index (χ0v) is 8.85. The molecule has 0 bridgehead atoms. The van der Waals surface area contributed by atoms with Crippen molar-refractivity contribution in [2.75, 3.05) is 19.6 Å². The van der Waals surface area contributed by atoms with E-state index in [-0.39, 0.29) is 5.91 Å². The zero-order valence-electron chi connectivity index (χ0n) is 8.85. The molecule has 0 aliphatic heterocycles. The lowest BCUT2D eigenvalue weighted by molar-refractivity contribution is -0.125. The van der Waals surface area contributed by atoms with Crippen molar-refractivity contribution < 1.29 is 9.21 Å². The molecule has 4 heteroatoms. The van der Waals surface area contributed by atoms with Gasteiger partial charge in [0, 0.05) is 25.7 Å². The van der Waals surface area contributed by atoms with Crippen LogP contribution < -0.4 is 5.73 Å². The number of rotatable bonds is 5. The average Bonchev–Trinajstić information content (AvgIpc) is 2.75. The third-order valence-electron chi connectivity index (χ3n) is 2.03. The predicted molar refractivity (Wildman–Crippen MR) is 59.1 cm³/mol. The van der Waals surface area contributed by atoms with Crippen LogP contribution in [0.5, 0.6) is 0 Å². The van der Waals surface area contributed by atoms with Crippen molar-refractivity contribution >= 4 is 12.0 Å². The molecule has 82 valence electrons. The van der Waals surface area contributed by atoms with Crippen LogP contribution in [0.2, 0.25) is 0 Å². The molecule has 1 aromatic rings. The van der Waals surface area contributed by atoms with Crippen LogP contribution in [0.3, 0.4) is 0 Å². The van der Waals surface area contributed by atoms with E-state index in [4.69, 9.17) is 10.2 Å². The first kappa shape index (κ1) is 11.5. The molecule has 0 aromatic carbocycles. The van der Waals surface area contributed by atoms with Crippen LogP contribution in [0, 0.1) is 0 Å². The SMILES string of the molecule is CCN(CCN)C(=O)/C=C/c1ccco1. The summed E-state index contributed by atoms with van der Waals surface area (Å²) in [6.07, 6.45) is 4.72. The molecule has 15 heavy (non-hydrogen) atoms. The minimum Gasteiger partial charge on any atom is -0.465 e. The van der Waals surface area contributed by atoms with E-state index in [1.165, 1.54) is 6.08 Å². The number of furan rings is 1. The maximum absolute atomic E-state index is 11.6. The fraction of sp³-hybridized carbons (Fsp3) is 0.364. The Kier molecular flexibility index (Phi) is 4.63. The number of carbonyl (C=O) groups is 1. The van der Waals surface area contributed by atoms with Gasteiger partial charge in [0.1, 0.15) is 5.76 Å². The van der Waals surface area contributed by atoms with E-state index in [2.05, 4.69) is 0 Å². The molecule has 0 saturated carbocycles. The van der Waals surface area contributed by atoms with E-state index in [0.29, 0.717) is 25.4 Å². The van der Waals surface area contributed by atoms with Crippen LogP contribution >= 0.6 is 0 Å². The van der Waals surface area contributed by atoms with Crippen LogP contribution in [0.15, 0.2) is 28.9 Å². The Bertz CT molecular complexity index is 317. The number of hydrogen-bond donors (Lipinski definition) is 1. The minimum absolute atomic E-state index is 0.0423. The summed E-state index contributed by atoms with van der Waals surface area (Å²) in [5.74, 6) is 0.631. The van der Waals surface area contributed by atoms with Crippen LogP contribution in [0.25, 0.3) is 6.08 Å². The molecule has 0 unspecified atom stereocenters. The molecular weight excluding hydrogens is 192 g/mol. The Morgan fingerprint density at radius 2 is 2.47 bits per heavy atom. The van der Waals surface area contributed by atoms with Crippen molar-refractivity contribution in [3.8, 4) is 0 Å². The molecule has 1 aromatic heterocycles. The molecule has 0 spiro atoms. The third kappa shape index (κ3) is 3.59. The Morgan fingerprint density at radius 1 is 1.67 bits per heavy atom. The van der Waals surface area contributed by atoms with Crippen molar-refractivity contribution in [1.82, 2.24) is 4.90 Å². The third-order valence-corrected chi connectivity index (χ3v) is 2.03. The summed E-state index contributed by atoms with van der Waals surface area (Å²) in [7, 11) is 0. The second kappa shape index (κ2) is 6.03. The van der Waals surface area contributed by atoms with Gasteiger partial charge in [-0.05, 0) is 25.1 Å². The summed E-state index contributed by atoms with van der Waals surface area (Å²) in [6, 6.07) is 3.57. The van der Waals surface area contributed by atoms with Gasteiger partial charge in [0.25, 0.3) is 0 Å². The average molecular weight is 208 g/mol. The van der Waals surface area contributed by atoms with Gasteiger partial charge < -0.3 is 15.1 Å². The van der Waals surface area contributed by atoms with Crippen molar-refractivity contribution in [3.63, 3.8) is 0 Å². The molecule has 0 fully saturated rings. The monoisotopic (exact) mass is 208 g/mol. The van der Waals surface area contributed by atoms with E-state index >= 15 is 0 Å². The fourth-order valence-electron chi connectivity index (χ4n) is 1.22. The molecular formula is C11H16N2O2. The normalized spacial score (nSPS) is 10.8. The van der Waals surface area contributed by atoms with E-state index in [9.17, 15) is 4.79 Å². The summed E-state index contributed by atoms with van der Waals surface area (Å²) < 4.78 is 5.08. The number of amides is 1. The van der Waals surface area contributed by atoms with Crippen molar-refractivity contribution in [2.24, 2.45) is 5.73 Å². The number of carbonyl (C=O) groups excluding carboxylic acids is 1. The Morgan fingerprint density at radius 3 is 3.00 bits per heavy atom. The van der Waals surface area contributed by atoms with E-state index in [0.717, 1.165) is 0 Å². The van der Waals surface area contributed by atoms with Crippen LogP contribution in [0.1, 0.15) is 12.7 Å². The maximum atomic E-state index is 11.6. The first-order chi connectivity index (χ1) is 7.27. The van der Waals surface area contributed by atoms with Gasteiger partial charge in [-0.2, -0.15) is 0 Å². The minimum atomic E-state index is -0.0423. The highest BCUT2D eigenvalue weighted by molar-refractivity contribution is 5.91. The largest absolute Gasteiger partial charge is 0.465 e. The lowest BCUT2D eigenvalue weighted by Gasteiger charge is -2.17. The molecule has 0 saturated heterocycles. The Labute approximate surface area is 89.4 Å². The van der Waals surface area contributed by atoms with E-state index < -0.39 is 0 Å². The van der Waals surface area contributed by atoms with Gasteiger partial charge in [-0.3, -0.25) is 4.79 Å². The van der Waals surface area contributed by atoms with E-state index in [1.54, 1.807) is 29.4 Å². The van der Waals surface area contributed by atoms with Gasteiger partial charge in [-0.25, -0.2) is 0 Å². The lowest BCUT2D eigenvalue weighted by Crippen LogP contribution is -2.33. The van der Waals surface area contributed by atoms with Gasteiger partial charge in [0.05, 0.1) is 6.26 Å².